The molecular formula is C16H19ClN2O2. The summed E-state index contributed by atoms with van der Waals surface area (Å²) in [7, 11) is 2.07. The Kier molecular flexibility index (Phi) is 3.68. The van der Waals surface area contributed by atoms with E-state index < -0.39 is 11.5 Å². The van der Waals surface area contributed by atoms with Crippen LogP contribution < -0.4 is 5.32 Å². The molecule has 21 heavy (non-hydrogen) atoms. The number of carboxylic acid groups (broad SMARTS) is 1. The standard InChI is InChI=1S/C16H19ClN2O2/c1-19-8-5-12(6-9-19)16(15(20)21)7-4-11-10-13(17)2-3-14(11)18-16/h2-4,7,10,12,18H,5-6,8-9H2,1H3,(H,20,21). The Bertz CT molecular complexity index is 594. The first-order valence-corrected chi connectivity index (χ1v) is 7.58. The molecule has 1 aromatic carbocycles. The van der Waals surface area contributed by atoms with Crippen LogP contribution in [0.2, 0.25) is 5.02 Å². The molecule has 1 saturated heterocycles. The first kappa shape index (κ1) is 14.4. The molecule has 112 valence electrons. The van der Waals surface area contributed by atoms with Gasteiger partial charge in [0.15, 0.2) is 5.54 Å². The molecule has 4 nitrogen and oxygen atoms in total. The van der Waals surface area contributed by atoms with Crippen molar-refractivity contribution >= 4 is 29.3 Å². The van der Waals surface area contributed by atoms with Gasteiger partial charge in [0.2, 0.25) is 0 Å². The van der Waals surface area contributed by atoms with Crippen molar-refractivity contribution in [1.29, 1.82) is 0 Å². The summed E-state index contributed by atoms with van der Waals surface area (Å²) in [6.45, 7) is 1.87. The van der Waals surface area contributed by atoms with Gasteiger partial charge in [-0.1, -0.05) is 17.7 Å². The lowest BCUT2D eigenvalue weighted by Crippen LogP contribution is -2.54. The molecule has 1 fully saturated rings. The molecule has 0 saturated carbocycles. The number of benzene rings is 1. The van der Waals surface area contributed by atoms with Crippen molar-refractivity contribution < 1.29 is 9.90 Å². The summed E-state index contributed by atoms with van der Waals surface area (Å²) < 4.78 is 0. The molecule has 0 aliphatic carbocycles. The smallest absolute Gasteiger partial charge is 0.333 e. The van der Waals surface area contributed by atoms with Crippen molar-refractivity contribution in [2.24, 2.45) is 5.92 Å². The van der Waals surface area contributed by atoms with Crippen LogP contribution in [0, 0.1) is 5.92 Å². The molecule has 2 heterocycles. The SMILES string of the molecule is CN1CCC(C2(C(=O)O)C=Cc3cc(Cl)ccc3N2)CC1. The second-order valence-corrected chi connectivity index (χ2v) is 6.38. The van der Waals surface area contributed by atoms with Gasteiger partial charge < -0.3 is 15.3 Å². The van der Waals surface area contributed by atoms with Crippen molar-refractivity contribution in [2.75, 3.05) is 25.5 Å². The highest BCUT2D eigenvalue weighted by Crippen LogP contribution is 2.38. The zero-order valence-electron chi connectivity index (χ0n) is 12.0. The predicted molar refractivity (Wildman–Crippen MR) is 84.7 cm³/mol. The number of halogens is 1. The molecule has 2 N–H and O–H groups in total. The Hall–Kier alpha value is -1.52. The third kappa shape index (κ3) is 2.54. The number of likely N-dealkylation sites (tertiary alicyclic amines) is 1. The van der Waals surface area contributed by atoms with Gasteiger partial charge in [0.25, 0.3) is 0 Å². The van der Waals surface area contributed by atoms with E-state index in [1.807, 2.05) is 18.2 Å². The number of nitrogens with zero attached hydrogens (tertiary/aromatic N) is 1. The lowest BCUT2D eigenvalue weighted by atomic mass is 9.75. The second kappa shape index (κ2) is 5.35. The van der Waals surface area contributed by atoms with E-state index in [1.165, 1.54) is 0 Å². The molecule has 3 rings (SSSR count). The number of hydrogen-bond acceptors (Lipinski definition) is 3. The van der Waals surface area contributed by atoms with E-state index in [1.54, 1.807) is 12.1 Å². The van der Waals surface area contributed by atoms with Crippen molar-refractivity contribution in [3.05, 3.63) is 34.9 Å². The van der Waals surface area contributed by atoms with Gasteiger partial charge in [-0.15, -0.1) is 0 Å². The van der Waals surface area contributed by atoms with E-state index >= 15 is 0 Å². The topological polar surface area (TPSA) is 52.6 Å². The average molecular weight is 307 g/mol. The summed E-state index contributed by atoms with van der Waals surface area (Å²) in [6.07, 6.45) is 5.43. The molecule has 0 spiro atoms. The van der Waals surface area contributed by atoms with Gasteiger partial charge in [-0.2, -0.15) is 0 Å². The number of rotatable bonds is 2. The Morgan fingerprint density at radius 3 is 2.81 bits per heavy atom. The lowest BCUT2D eigenvalue weighted by molar-refractivity contribution is -0.142. The number of nitrogens with one attached hydrogen (secondary N) is 1. The number of aliphatic carboxylic acids is 1. The molecule has 1 aromatic rings. The molecule has 2 aliphatic rings. The van der Waals surface area contributed by atoms with Crippen LogP contribution in [-0.2, 0) is 4.79 Å². The van der Waals surface area contributed by atoms with Gasteiger partial charge in [0, 0.05) is 10.7 Å². The third-order valence-electron chi connectivity index (χ3n) is 4.60. The van der Waals surface area contributed by atoms with Crippen LogP contribution in [0.4, 0.5) is 5.69 Å². The van der Waals surface area contributed by atoms with E-state index in [0.29, 0.717) is 5.02 Å². The largest absolute Gasteiger partial charge is 0.479 e. The molecule has 0 amide bonds. The summed E-state index contributed by atoms with van der Waals surface area (Å²) in [6, 6.07) is 5.49. The van der Waals surface area contributed by atoms with Crippen LogP contribution in [0.3, 0.4) is 0 Å². The zero-order chi connectivity index (χ0) is 15.0. The monoisotopic (exact) mass is 306 g/mol. The van der Waals surface area contributed by atoms with Crippen LogP contribution in [0.15, 0.2) is 24.3 Å². The molecule has 5 heteroatoms. The highest BCUT2D eigenvalue weighted by Gasteiger charge is 2.46. The summed E-state index contributed by atoms with van der Waals surface area (Å²) >= 11 is 5.99. The minimum absolute atomic E-state index is 0.0891. The van der Waals surface area contributed by atoms with Crippen LogP contribution >= 0.6 is 11.6 Å². The van der Waals surface area contributed by atoms with Gasteiger partial charge in [-0.3, -0.25) is 0 Å². The molecule has 2 aliphatic heterocycles. The number of carboxylic acids is 1. The molecule has 1 unspecified atom stereocenters. The first-order chi connectivity index (χ1) is 10.0. The van der Waals surface area contributed by atoms with Gasteiger partial charge >= 0.3 is 5.97 Å². The maximum absolute atomic E-state index is 12.0. The summed E-state index contributed by atoms with van der Waals surface area (Å²) in [5, 5.41) is 13.7. The Morgan fingerprint density at radius 1 is 1.43 bits per heavy atom. The van der Waals surface area contributed by atoms with Gasteiger partial charge in [0.1, 0.15) is 0 Å². The van der Waals surface area contributed by atoms with Crippen LogP contribution in [0.25, 0.3) is 6.08 Å². The minimum Gasteiger partial charge on any atom is -0.479 e. The fourth-order valence-electron chi connectivity index (χ4n) is 3.27. The van der Waals surface area contributed by atoms with Crippen molar-refractivity contribution in [3.8, 4) is 0 Å². The fourth-order valence-corrected chi connectivity index (χ4v) is 3.45. The molecular weight excluding hydrogens is 288 g/mol. The Morgan fingerprint density at radius 2 is 2.14 bits per heavy atom. The maximum Gasteiger partial charge on any atom is 0.333 e. The molecule has 0 bridgehead atoms. The zero-order valence-corrected chi connectivity index (χ0v) is 12.7. The number of hydrogen-bond donors (Lipinski definition) is 2. The van der Waals surface area contributed by atoms with Crippen molar-refractivity contribution in [2.45, 2.75) is 18.4 Å². The highest BCUT2D eigenvalue weighted by atomic mass is 35.5. The molecule has 1 atom stereocenters. The van der Waals surface area contributed by atoms with Gasteiger partial charge in [0.05, 0.1) is 0 Å². The van der Waals surface area contributed by atoms with E-state index in [0.717, 1.165) is 37.2 Å². The number of fused-ring (bicyclic) bond motifs is 1. The van der Waals surface area contributed by atoms with Crippen LogP contribution in [-0.4, -0.2) is 41.7 Å². The predicted octanol–water partition coefficient (Wildman–Crippen LogP) is 2.94. The number of carbonyl (C=O) groups is 1. The summed E-state index contributed by atoms with van der Waals surface area (Å²) in [5.74, 6) is -0.722. The fraction of sp³-hybridized carbons (Fsp3) is 0.438. The van der Waals surface area contributed by atoms with E-state index in [4.69, 9.17) is 11.6 Å². The normalized spacial score (nSPS) is 26.2. The van der Waals surface area contributed by atoms with Crippen molar-refractivity contribution in [3.63, 3.8) is 0 Å². The Labute approximate surface area is 129 Å². The van der Waals surface area contributed by atoms with Crippen LogP contribution in [0.1, 0.15) is 18.4 Å². The van der Waals surface area contributed by atoms with Crippen molar-refractivity contribution in [1.82, 2.24) is 4.90 Å². The first-order valence-electron chi connectivity index (χ1n) is 7.20. The third-order valence-corrected chi connectivity index (χ3v) is 4.83. The number of anilines is 1. The Balaban J connectivity index is 1.94. The van der Waals surface area contributed by atoms with Gasteiger partial charge in [-0.05, 0) is 68.7 Å². The average Bonchev–Trinajstić information content (AvgIpc) is 2.47. The minimum atomic E-state index is -1.01. The van der Waals surface area contributed by atoms with Crippen LogP contribution in [0.5, 0.6) is 0 Å². The summed E-state index contributed by atoms with van der Waals surface area (Å²) in [4.78, 5) is 14.2. The lowest BCUT2D eigenvalue weighted by Gasteiger charge is -2.42. The van der Waals surface area contributed by atoms with E-state index in [9.17, 15) is 9.90 Å². The highest BCUT2D eigenvalue weighted by molar-refractivity contribution is 6.30. The van der Waals surface area contributed by atoms with E-state index in [2.05, 4.69) is 17.3 Å². The van der Waals surface area contributed by atoms with Gasteiger partial charge in [-0.25, -0.2) is 4.79 Å². The molecule has 0 radical (unpaired) electrons. The number of piperidine rings is 1. The maximum atomic E-state index is 12.0. The van der Waals surface area contributed by atoms with E-state index in [-0.39, 0.29) is 5.92 Å². The summed E-state index contributed by atoms with van der Waals surface area (Å²) in [5.41, 5.74) is 0.762. The molecule has 0 aromatic heterocycles. The second-order valence-electron chi connectivity index (χ2n) is 5.94. The quantitative estimate of drug-likeness (QED) is 0.882.